The summed E-state index contributed by atoms with van der Waals surface area (Å²) in [5.74, 6) is -1.73. The Morgan fingerprint density at radius 3 is 1.25 bits per heavy atom. The van der Waals surface area contributed by atoms with Crippen molar-refractivity contribution in [2.75, 3.05) is 0 Å². The molecule has 4 aliphatic carbocycles. The average molecular weight is 880 g/mol. The Morgan fingerprint density at radius 1 is 0.571 bits per heavy atom. The molecule has 2 unspecified atom stereocenters. The van der Waals surface area contributed by atoms with Crippen LogP contribution in [-0.2, 0) is 15.6 Å². The maximum atomic E-state index is 9.19. The first-order valence-electron chi connectivity index (χ1n) is 22.1. The molecule has 2 fully saturated rings. The number of halogens is 2. The van der Waals surface area contributed by atoms with Gasteiger partial charge in [0.15, 0.2) is 0 Å². The second-order valence-corrected chi connectivity index (χ2v) is 62.0. The molecule has 0 bridgehead atoms. The van der Waals surface area contributed by atoms with Crippen LogP contribution in [0, 0.1) is 38.5 Å². The summed E-state index contributed by atoms with van der Waals surface area (Å²) in [6, 6.07) is 28.4. The molecule has 0 aliphatic heterocycles. The molecule has 0 N–H and O–H groups in total. The third-order valence-electron chi connectivity index (χ3n) is 15.6. The van der Waals surface area contributed by atoms with E-state index in [1.54, 1.807) is 11.1 Å². The molecule has 0 spiro atoms. The fraction of sp³-hybridized carbons (Fsp3) is 0.462. The number of hydrogen-bond acceptors (Lipinski definition) is 0. The molecular formula is C52H65Cl2SiZr. The van der Waals surface area contributed by atoms with Gasteiger partial charge in [-0.2, -0.15) is 0 Å². The maximum absolute atomic E-state index is 9.19. The van der Waals surface area contributed by atoms with Crippen LogP contribution in [0.2, 0.25) is 13.1 Å². The predicted molar refractivity (Wildman–Crippen MR) is 246 cm³/mol. The Hall–Kier alpha value is -1.96. The molecule has 0 aromatic heterocycles. The fourth-order valence-corrected chi connectivity index (χ4v) is 43.9. The van der Waals surface area contributed by atoms with E-state index in [-0.39, 0.29) is 7.25 Å². The topological polar surface area (TPSA) is 0 Å². The molecule has 2 saturated carbocycles. The molecule has 0 amide bonds. The van der Waals surface area contributed by atoms with E-state index < -0.39 is 21.5 Å². The molecule has 2 atom stereocenters. The van der Waals surface area contributed by atoms with Crippen molar-refractivity contribution in [2.45, 2.75) is 139 Å². The Bertz CT molecular complexity index is 2040. The molecule has 0 nitrogen and oxygen atoms in total. The van der Waals surface area contributed by atoms with Gasteiger partial charge in [-0.05, 0) is 0 Å². The summed E-state index contributed by atoms with van der Waals surface area (Å²) in [5, 5.41) is 0. The first kappa shape index (κ1) is 40.8. The van der Waals surface area contributed by atoms with Gasteiger partial charge < -0.3 is 0 Å². The van der Waals surface area contributed by atoms with Crippen molar-refractivity contribution in [1.82, 2.24) is 0 Å². The van der Waals surface area contributed by atoms with Gasteiger partial charge >= 0.3 is 351 Å². The van der Waals surface area contributed by atoms with E-state index in [2.05, 4.69) is 140 Å². The number of rotatable bonds is 11. The summed E-state index contributed by atoms with van der Waals surface area (Å²) in [7, 11) is 18.4. The molecular weight excluding hydrogens is 815 g/mol. The van der Waals surface area contributed by atoms with Crippen LogP contribution in [-0.4, -0.2) is 5.92 Å². The summed E-state index contributed by atoms with van der Waals surface area (Å²) in [6.07, 6.45) is 20.6. The quantitative estimate of drug-likeness (QED) is 0.132. The summed E-state index contributed by atoms with van der Waals surface area (Å²) < 4.78 is 0.225. The van der Waals surface area contributed by atoms with E-state index in [0.717, 1.165) is 12.8 Å². The van der Waals surface area contributed by atoms with E-state index in [0.29, 0.717) is 10.8 Å². The molecule has 4 aliphatic rings. The molecule has 0 saturated heterocycles. The Morgan fingerprint density at radius 2 is 0.929 bits per heavy atom. The standard InChI is InChI=1S/2C25H29.C2H7Si.2ClH.Zr/c2*1-4-25(10-5-6-11-25)17-20-15-21-8-7-9-23(24(21)16-20)22-13-18(2)12-19(3)14-22;1-3-2;;;/h2*7-9,12-16H,4-6,10-11,17H2,1-3H3;3H,1-2H3;2*1H;/q;;;;;+2/p-2. The zero-order valence-corrected chi connectivity index (χ0v) is 40.7. The van der Waals surface area contributed by atoms with E-state index in [1.807, 2.05) is 0 Å². The first-order chi connectivity index (χ1) is 26.7. The van der Waals surface area contributed by atoms with Crippen LogP contribution in [0.25, 0.3) is 34.4 Å². The zero-order chi connectivity index (χ0) is 39.6. The molecule has 0 heterocycles. The van der Waals surface area contributed by atoms with Crippen molar-refractivity contribution in [2.24, 2.45) is 10.8 Å². The van der Waals surface area contributed by atoms with Gasteiger partial charge in [-0.3, -0.25) is 0 Å². The number of benzene rings is 4. The fourth-order valence-electron chi connectivity index (χ4n) is 12.6. The molecule has 56 heavy (non-hydrogen) atoms. The third kappa shape index (κ3) is 6.91. The van der Waals surface area contributed by atoms with Crippen LogP contribution in [0.1, 0.15) is 143 Å². The van der Waals surface area contributed by atoms with Gasteiger partial charge in [0.1, 0.15) is 0 Å². The molecule has 8 rings (SSSR count). The molecule has 295 valence electrons. The van der Waals surface area contributed by atoms with Crippen LogP contribution < -0.4 is 0 Å². The van der Waals surface area contributed by atoms with Crippen LogP contribution in [0.4, 0.5) is 0 Å². The Kier molecular flexibility index (Phi) is 11.1. The minimum atomic E-state index is -5.06. The van der Waals surface area contributed by atoms with Gasteiger partial charge in [0.2, 0.25) is 0 Å². The summed E-state index contributed by atoms with van der Waals surface area (Å²) >= 11 is -5.06. The SMILES string of the molecule is CCC1(CC2=Cc3c(-c4cc(C)cc(C)c4)cccc3[CH]2[Zr]([Cl])([Cl])([CH]2C(CC3(CC)CCCC3)=Cc3c(-c4cc(C)cc(C)c4)cccc32)[SiH](C)C)CCCC1. The monoisotopic (exact) mass is 877 g/mol. The van der Waals surface area contributed by atoms with Crippen LogP contribution >= 0.6 is 17.0 Å². The van der Waals surface area contributed by atoms with E-state index >= 15 is 0 Å². The van der Waals surface area contributed by atoms with Crippen molar-refractivity contribution in [3.8, 4) is 22.3 Å². The summed E-state index contributed by atoms with van der Waals surface area (Å²) in [6.45, 7) is 18.9. The van der Waals surface area contributed by atoms with Crippen molar-refractivity contribution in [1.29, 1.82) is 0 Å². The van der Waals surface area contributed by atoms with Crippen molar-refractivity contribution < 1.29 is 15.6 Å². The first-order valence-corrected chi connectivity index (χ1v) is 38.4. The summed E-state index contributed by atoms with van der Waals surface area (Å²) in [4.78, 5) is 0. The van der Waals surface area contributed by atoms with Crippen molar-refractivity contribution in [3.63, 3.8) is 0 Å². The number of aryl methyl sites for hydroxylation is 4. The molecule has 4 heteroatoms. The average Bonchev–Trinajstić information content (AvgIpc) is 3.96. The minimum absolute atomic E-state index is 0.113. The number of allylic oxidation sites excluding steroid dienone is 2. The number of fused-ring (bicyclic) bond motifs is 2. The van der Waals surface area contributed by atoms with Gasteiger partial charge in [-0.1, -0.05) is 0 Å². The van der Waals surface area contributed by atoms with Crippen molar-refractivity contribution >= 4 is 35.1 Å². The second-order valence-electron chi connectivity index (χ2n) is 19.5. The Balaban J connectivity index is 1.38. The van der Waals surface area contributed by atoms with Crippen LogP contribution in [0.3, 0.4) is 0 Å². The van der Waals surface area contributed by atoms with Crippen LogP contribution in [0.15, 0.2) is 83.9 Å². The van der Waals surface area contributed by atoms with E-state index in [9.17, 15) is 17.0 Å². The predicted octanol–water partition coefficient (Wildman–Crippen LogP) is 16.5. The normalized spacial score (nSPS) is 21.8. The van der Waals surface area contributed by atoms with Gasteiger partial charge in [0.05, 0.1) is 0 Å². The molecule has 4 aromatic carbocycles. The van der Waals surface area contributed by atoms with Gasteiger partial charge in [-0.15, -0.1) is 0 Å². The zero-order valence-electron chi connectivity index (χ0n) is 35.6. The third-order valence-corrected chi connectivity index (χ3v) is 67.4. The summed E-state index contributed by atoms with van der Waals surface area (Å²) in [5.41, 5.74) is 20.1. The van der Waals surface area contributed by atoms with E-state index in [4.69, 9.17) is 0 Å². The van der Waals surface area contributed by atoms with Crippen LogP contribution in [0.5, 0.6) is 0 Å². The van der Waals surface area contributed by atoms with Gasteiger partial charge in [0, 0.05) is 0 Å². The second kappa shape index (κ2) is 15.3. The van der Waals surface area contributed by atoms with Crippen molar-refractivity contribution in [3.05, 3.63) is 128 Å². The van der Waals surface area contributed by atoms with Gasteiger partial charge in [-0.25, -0.2) is 0 Å². The Labute approximate surface area is 348 Å². The van der Waals surface area contributed by atoms with Gasteiger partial charge in [0.25, 0.3) is 0 Å². The van der Waals surface area contributed by atoms with E-state index in [1.165, 1.54) is 131 Å². The number of hydrogen-bond donors (Lipinski definition) is 0. The molecule has 4 aromatic rings. The molecule has 0 radical (unpaired) electrons.